The number of amides is 1. The van der Waals surface area contributed by atoms with Gasteiger partial charge in [-0.25, -0.2) is 14.5 Å². The molecule has 1 fully saturated rings. The van der Waals surface area contributed by atoms with Crippen molar-refractivity contribution in [3.63, 3.8) is 0 Å². The molecular formula is C22H31N5O5. The molecule has 0 saturated heterocycles. The molecule has 3 rings (SSSR count). The van der Waals surface area contributed by atoms with Crippen molar-refractivity contribution >= 4 is 17.9 Å². The van der Waals surface area contributed by atoms with Crippen molar-refractivity contribution in [1.29, 1.82) is 0 Å². The molecule has 10 nitrogen and oxygen atoms in total. The summed E-state index contributed by atoms with van der Waals surface area (Å²) in [4.78, 5) is 28.7. The molecule has 0 spiro atoms. The van der Waals surface area contributed by atoms with Gasteiger partial charge in [0.25, 0.3) is 0 Å². The fraction of sp³-hybridized carbons (Fsp3) is 0.591. The molecule has 1 saturated carbocycles. The Balaban J connectivity index is 1.74. The van der Waals surface area contributed by atoms with Gasteiger partial charge in [-0.15, -0.1) is 5.10 Å². The summed E-state index contributed by atoms with van der Waals surface area (Å²) in [6.45, 7) is 7.21. The number of nitrogens with zero attached hydrogens (tertiary/aromatic N) is 4. The first kappa shape index (κ1) is 23.5. The monoisotopic (exact) mass is 445 g/mol. The highest BCUT2D eigenvalue weighted by molar-refractivity contribution is 5.88. The lowest BCUT2D eigenvalue weighted by atomic mass is 9.87. The van der Waals surface area contributed by atoms with Gasteiger partial charge >= 0.3 is 12.1 Å². The van der Waals surface area contributed by atoms with Gasteiger partial charge in [-0.05, 0) is 65.5 Å². The van der Waals surface area contributed by atoms with Crippen LogP contribution in [0, 0.1) is 12.8 Å². The lowest BCUT2D eigenvalue weighted by Crippen LogP contribution is -2.30. The fourth-order valence-corrected chi connectivity index (χ4v) is 3.69. The number of methoxy groups -OCH3 is 1. The maximum atomic E-state index is 12.2. The first-order chi connectivity index (χ1) is 15.1. The van der Waals surface area contributed by atoms with Crippen LogP contribution in [0.1, 0.15) is 52.1 Å². The van der Waals surface area contributed by atoms with Gasteiger partial charge in [0, 0.05) is 7.05 Å². The maximum absolute atomic E-state index is 12.2. The van der Waals surface area contributed by atoms with Crippen LogP contribution in [-0.4, -0.2) is 50.9 Å². The first-order valence-electron chi connectivity index (χ1n) is 10.7. The number of hydrogen-bond donors (Lipinski definition) is 1. The van der Waals surface area contributed by atoms with Crippen LogP contribution in [0.25, 0.3) is 11.4 Å². The highest BCUT2D eigenvalue weighted by Gasteiger charge is 2.29. The molecule has 10 heteroatoms. The van der Waals surface area contributed by atoms with E-state index < -0.39 is 11.7 Å². The van der Waals surface area contributed by atoms with Gasteiger partial charge in [-0.1, -0.05) is 5.21 Å². The van der Waals surface area contributed by atoms with Crippen LogP contribution in [-0.2, 0) is 21.3 Å². The Kier molecular flexibility index (Phi) is 7.00. The molecule has 0 aliphatic heterocycles. The second-order valence-electron chi connectivity index (χ2n) is 8.94. The molecule has 0 aromatic carbocycles. The topological polar surface area (TPSA) is 117 Å². The van der Waals surface area contributed by atoms with E-state index >= 15 is 0 Å². The lowest BCUT2D eigenvalue weighted by molar-refractivity contribution is -0.147. The average molecular weight is 446 g/mol. The molecule has 1 amide bonds. The second kappa shape index (κ2) is 9.54. The van der Waals surface area contributed by atoms with E-state index in [0.29, 0.717) is 35.1 Å². The smallest absolute Gasteiger partial charge is 0.413 e. The summed E-state index contributed by atoms with van der Waals surface area (Å²) < 4.78 is 17.8. The third-order valence-electron chi connectivity index (χ3n) is 5.18. The number of rotatable bonds is 5. The van der Waals surface area contributed by atoms with Gasteiger partial charge in [0.1, 0.15) is 11.4 Å². The van der Waals surface area contributed by atoms with Crippen LogP contribution in [0.4, 0.5) is 10.6 Å². The molecule has 1 aliphatic carbocycles. The van der Waals surface area contributed by atoms with E-state index in [1.165, 1.54) is 11.8 Å². The van der Waals surface area contributed by atoms with Crippen molar-refractivity contribution in [1.82, 2.24) is 20.0 Å². The quantitative estimate of drug-likeness (QED) is 0.693. The van der Waals surface area contributed by atoms with E-state index in [2.05, 4.69) is 20.6 Å². The van der Waals surface area contributed by atoms with Crippen LogP contribution in [0.3, 0.4) is 0 Å². The zero-order chi connectivity index (χ0) is 23.5. The number of hydrogen-bond acceptors (Lipinski definition) is 8. The van der Waals surface area contributed by atoms with Crippen LogP contribution in [0.15, 0.2) is 12.1 Å². The van der Waals surface area contributed by atoms with Crippen LogP contribution >= 0.6 is 0 Å². The van der Waals surface area contributed by atoms with E-state index in [1.807, 2.05) is 13.0 Å². The lowest BCUT2D eigenvalue weighted by Gasteiger charge is -2.28. The highest BCUT2D eigenvalue weighted by atomic mass is 16.6. The van der Waals surface area contributed by atoms with Crippen LogP contribution < -0.4 is 10.1 Å². The van der Waals surface area contributed by atoms with Crippen LogP contribution in [0.5, 0.6) is 5.75 Å². The van der Waals surface area contributed by atoms with E-state index in [9.17, 15) is 9.59 Å². The predicted molar refractivity (Wildman–Crippen MR) is 117 cm³/mol. The number of esters is 1. The van der Waals surface area contributed by atoms with Gasteiger partial charge < -0.3 is 14.2 Å². The fourth-order valence-electron chi connectivity index (χ4n) is 3.69. The van der Waals surface area contributed by atoms with Crippen molar-refractivity contribution in [2.24, 2.45) is 13.0 Å². The number of carbonyl (C=O) groups is 2. The number of aromatic nitrogens is 4. The molecule has 0 unspecified atom stereocenters. The third kappa shape index (κ3) is 5.74. The summed E-state index contributed by atoms with van der Waals surface area (Å²) in [6.07, 6.45) is 2.57. The minimum absolute atomic E-state index is 0.0693. The second-order valence-corrected chi connectivity index (χ2v) is 8.94. The molecule has 2 atom stereocenters. The zero-order valence-electron chi connectivity index (χ0n) is 19.5. The number of nitrogens with one attached hydrogen (secondary N) is 1. The van der Waals surface area contributed by atoms with E-state index in [0.717, 1.165) is 19.3 Å². The van der Waals surface area contributed by atoms with Crippen molar-refractivity contribution in [3.05, 3.63) is 17.8 Å². The molecule has 0 radical (unpaired) electrons. The molecule has 0 bridgehead atoms. The Labute approximate surface area is 187 Å². The number of aryl methyl sites for hydroxylation is 2. The summed E-state index contributed by atoms with van der Waals surface area (Å²) in [6, 6.07) is 3.60. The Bertz CT molecular complexity index is 982. The van der Waals surface area contributed by atoms with Gasteiger partial charge in [0.2, 0.25) is 0 Å². The summed E-state index contributed by atoms with van der Waals surface area (Å²) in [5.41, 5.74) is 1.02. The minimum atomic E-state index is -0.629. The van der Waals surface area contributed by atoms with Gasteiger partial charge in [-0.3, -0.25) is 10.1 Å². The Morgan fingerprint density at radius 1 is 1.22 bits per heavy atom. The van der Waals surface area contributed by atoms with Crippen molar-refractivity contribution in [3.8, 4) is 17.1 Å². The summed E-state index contributed by atoms with van der Waals surface area (Å²) in [5.74, 6) is 0.714. The van der Waals surface area contributed by atoms with E-state index in [1.54, 1.807) is 33.9 Å². The Hall–Kier alpha value is -3.17. The minimum Gasteiger partial charge on any atom is -0.489 e. The zero-order valence-corrected chi connectivity index (χ0v) is 19.5. The predicted octanol–water partition coefficient (Wildman–Crippen LogP) is 3.64. The summed E-state index contributed by atoms with van der Waals surface area (Å²) in [7, 11) is 3.09. The maximum Gasteiger partial charge on any atom is 0.413 e. The molecule has 1 aliphatic rings. The molecule has 32 heavy (non-hydrogen) atoms. The first-order valence-corrected chi connectivity index (χ1v) is 10.7. The number of pyridine rings is 1. The molecule has 2 aromatic rings. The van der Waals surface area contributed by atoms with Gasteiger partial charge in [-0.2, -0.15) is 0 Å². The van der Waals surface area contributed by atoms with Crippen molar-refractivity contribution in [2.45, 2.75) is 65.1 Å². The molecule has 2 heterocycles. The van der Waals surface area contributed by atoms with Gasteiger partial charge in [0.05, 0.1) is 30.5 Å². The number of ether oxygens (including phenoxy) is 3. The number of carbonyl (C=O) groups excluding carboxylic acids is 2. The number of anilines is 1. The van der Waals surface area contributed by atoms with E-state index in [-0.39, 0.29) is 18.0 Å². The highest BCUT2D eigenvalue weighted by Crippen LogP contribution is 2.31. The van der Waals surface area contributed by atoms with Crippen molar-refractivity contribution < 1.29 is 23.8 Å². The Morgan fingerprint density at radius 3 is 2.62 bits per heavy atom. The summed E-state index contributed by atoms with van der Waals surface area (Å²) >= 11 is 0. The molecule has 174 valence electrons. The Morgan fingerprint density at radius 2 is 1.97 bits per heavy atom. The normalized spacial score (nSPS) is 18.7. The van der Waals surface area contributed by atoms with E-state index in [4.69, 9.17) is 14.2 Å². The third-order valence-corrected chi connectivity index (χ3v) is 5.18. The largest absolute Gasteiger partial charge is 0.489 e. The molecule has 2 aromatic heterocycles. The standard InChI is InChI=1S/C22H31N5O5/c1-13-17(31-15-9-7-8-14(12-15)20(28)30-6)11-10-16(23-13)18-19(27(5)26-25-18)24-21(29)32-22(2,3)4/h10-11,14-15H,7-9,12H2,1-6H3,(H,24,29)/t14-,15-/m0/s1. The van der Waals surface area contributed by atoms with Gasteiger partial charge in [0.15, 0.2) is 11.5 Å². The molecular weight excluding hydrogens is 414 g/mol. The average Bonchev–Trinajstić information content (AvgIpc) is 3.08. The SMILES string of the molecule is COC(=O)[C@H]1CCC[C@H](Oc2ccc(-c3nnn(C)c3NC(=O)OC(C)(C)C)nc2C)C1. The van der Waals surface area contributed by atoms with Crippen LogP contribution in [0.2, 0.25) is 0 Å². The van der Waals surface area contributed by atoms with Crippen molar-refractivity contribution in [2.75, 3.05) is 12.4 Å². The summed E-state index contributed by atoms with van der Waals surface area (Å²) in [5, 5.41) is 10.8. The molecule has 1 N–H and O–H groups in total.